The summed E-state index contributed by atoms with van der Waals surface area (Å²) in [5.41, 5.74) is 11.9. The molecule has 0 atom stereocenters. The number of aryl methyl sites for hydroxylation is 4. The smallest absolute Gasteiger partial charge is 0.279 e. The minimum absolute atomic E-state index is 0.276. The van der Waals surface area contributed by atoms with Crippen LogP contribution < -0.4 is 21.5 Å². The molecule has 0 saturated carbocycles. The van der Waals surface area contributed by atoms with Gasteiger partial charge in [-0.3, -0.25) is 30.0 Å². The number of ketones is 2. The summed E-state index contributed by atoms with van der Waals surface area (Å²) >= 11 is 13.1. The monoisotopic (exact) mass is 684 g/mol. The molecule has 0 fully saturated rings. The number of benzene rings is 4. The summed E-state index contributed by atoms with van der Waals surface area (Å²) in [6, 6.07) is 21.3. The molecule has 4 aromatic carbocycles. The second kappa shape index (κ2) is 15.5. The highest BCUT2D eigenvalue weighted by Crippen LogP contribution is 2.33. The van der Waals surface area contributed by atoms with Crippen LogP contribution in [0.3, 0.4) is 0 Å². The first kappa shape index (κ1) is 35.5. The van der Waals surface area contributed by atoms with E-state index in [4.69, 9.17) is 23.2 Å². The molecule has 0 bridgehead atoms. The van der Waals surface area contributed by atoms with Crippen LogP contribution in [0.25, 0.3) is 11.1 Å². The van der Waals surface area contributed by atoms with Gasteiger partial charge in [0.1, 0.15) is 0 Å². The molecule has 4 N–H and O–H groups in total. The van der Waals surface area contributed by atoms with E-state index in [-0.39, 0.29) is 21.5 Å². The Labute approximate surface area is 288 Å². The molecular formula is C36H34Cl2N6O4. The third-order valence-corrected chi connectivity index (χ3v) is 7.83. The van der Waals surface area contributed by atoms with E-state index in [0.717, 1.165) is 22.3 Å². The molecule has 246 valence electrons. The van der Waals surface area contributed by atoms with E-state index in [1.54, 1.807) is 48.5 Å². The fourth-order valence-corrected chi connectivity index (χ4v) is 5.10. The maximum Gasteiger partial charge on any atom is 0.279 e. The number of halogens is 2. The molecule has 4 rings (SSSR count). The van der Waals surface area contributed by atoms with Crippen molar-refractivity contribution < 1.29 is 19.2 Å². The Morgan fingerprint density at radius 3 is 1.19 bits per heavy atom. The van der Waals surface area contributed by atoms with Gasteiger partial charge in [0.15, 0.2) is 23.0 Å². The van der Waals surface area contributed by atoms with E-state index in [2.05, 4.69) is 31.7 Å². The van der Waals surface area contributed by atoms with Crippen molar-refractivity contribution in [3.63, 3.8) is 0 Å². The Hall–Kier alpha value is -5.32. The lowest BCUT2D eigenvalue weighted by Crippen LogP contribution is -2.29. The fourth-order valence-electron chi connectivity index (χ4n) is 4.65. The van der Waals surface area contributed by atoms with Gasteiger partial charge >= 0.3 is 0 Å². The molecule has 4 aromatic rings. The van der Waals surface area contributed by atoms with Crippen LogP contribution in [-0.4, -0.2) is 34.8 Å². The van der Waals surface area contributed by atoms with Gasteiger partial charge in [-0.25, -0.2) is 0 Å². The van der Waals surface area contributed by atoms with Crippen LogP contribution in [0, 0.1) is 27.7 Å². The highest BCUT2D eigenvalue weighted by molar-refractivity contribution is 6.67. The normalized spacial score (nSPS) is 11.5. The largest absolute Gasteiger partial charge is 0.320 e. The lowest BCUT2D eigenvalue weighted by atomic mass is 10.0. The molecule has 0 aliphatic rings. The van der Waals surface area contributed by atoms with Crippen LogP contribution in [0.4, 0.5) is 22.7 Å². The molecule has 0 saturated heterocycles. The highest BCUT2D eigenvalue weighted by Gasteiger charge is 2.20. The van der Waals surface area contributed by atoms with Gasteiger partial charge in [-0.15, -0.1) is 0 Å². The standard InChI is InChI=1S/C36H34Cl2N6O4/c1-19-7-11-29(21(3)15-19)39-35(47)33(23(5)45)43-41-31-13-9-25(17-27(31)37)26-10-14-32(28(38)18-26)42-44-34(24(6)46)36(48)40-30-12-8-20(2)16-22(30)4/h7-18,41-42H,1-6H3,(H,39,47)(H,40,48)/b43-33+,44-34+. The van der Waals surface area contributed by atoms with Crippen LogP contribution in [-0.2, 0) is 19.2 Å². The van der Waals surface area contributed by atoms with Crippen molar-refractivity contribution in [1.29, 1.82) is 0 Å². The van der Waals surface area contributed by atoms with Crippen molar-refractivity contribution in [3.8, 4) is 11.1 Å². The summed E-state index contributed by atoms with van der Waals surface area (Å²) in [6.07, 6.45) is 0. The second-order valence-corrected chi connectivity index (χ2v) is 12.0. The van der Waals surface area contributed by atoms with E-state index in [9.17, 15) is 19.2 Å². The minimum Gasteiger partial charge on any atom is -0.320 e. The molecule has 0 unspecified atom stereocenters. The fraction of sp³-hybridized carbons (Fsp3) is 0.167. The van der Waals surface area contributed by atoms with E-state index >= 15 is 0 Å². The Bertz CT molecular complexity index is 1860. The molecule has 48 heavy (non-hydrogen) atoms. The molecule has 0 spiro atoms. The number of anilines is 4. The average Bonchev–Trinajstić information content (AvgIpc) is 3.01. The van der Waals surface area contributed by atoms with Gasteiger partial charge in [-0.1, -0.05) is 70.7 Å². The predicted octanol–water partition coefficient (Wildman–Crippen LogP) is 7.89. The molecule has 10 nitrogen and oxygen atoms in total. The van der Waals surface area contributed by atoms with Gasteiger partial charge in [-0.2, -0.15) is 10.2 Å². The zero-order valence-electron chi connectivity index (χ0n) is 27.2. The minimum atomic E-state index is -0.653. The molecule has 0 aromatic heterocycles. The van der Waals surface area contributed by atoms with Crippen molar-refractivity contribution in [3.05, 3.63) is 105 Å². The third-order valence-electron chi connectivity index (χ3n) is 7.21. The molecule has 0 aliphatic carbocycles. The van der Waals surface area contributed by atoms with Crippen LogP contribution in [0.1, 0.15) is 36.1 Å². The Kier molecular flexibility index (Phi) is 11.5. The van der Waals surface area contributed by atoms with Crippen molar-refractivity contribution >= 4 is 80.8 Å². The molecular weight excluding hydrogens is 651 g/mol. The van der Waals surface area contributed by atoms with Gasteiger partial charge in [0.05, 0.1) is 21.4 Å². The van der Waals surface area contributed by atoms with Crippen molar-refractivity contribution in [2.75, 3.05) is 21.5 Å². The maximum absolute atomic E-state index is 12.8. The summed E-state index contributed by atoms with van der Waals surface area (Å²) < 4.78 is 0. The topological polar surface area (TPSA) is 141 Å². The molecule has 2 amide bonds. The second-order valence-electron chi connectivity index (χ2n) is 11.2. The maximum atomic E-state index is 12.8. The highest BCUT2D eigenvalue weighted by atomic mass is 35.5. The number of amides is 2. The number of carbonyl (C=O) groups is 4. The van der Waals surface area contributed by atoms with E-state index in [0.29, 0.717) is 33.9 Å². The number of hydrogen-bond donors (Lipinski definition) is 4. The molecule has 0 aliphatic heterocycles. The van der Waals surface area contributed by atoms with Crippen LogP contribution in [0.5, 0.6) is 0 Å². The quantitative estimate of drug-likeness (QED) is 0.0719. The molecule has 12 heteroatoms. The number of nitrogens with one attached hydrogen (secondary N) is 4. The first-order valence-corrected chi connectivity index (χ1v) is 15.5. The number of hydrazone groups is 2. The Balaban J connectivity index is 1.47. The van der Waals surface area contributed by atoms with Crippen molar-refractivity contribution in [2.45, 2.75) is 41.5 Å². The summed E-state index contributed by atoms with van der Waals surface area (Å²) in [5.74, 6) is -2.36. The lowest BCUT2D eigenvalue weighted by Gasteiger charge is -2.12. The van der Waals surface area contributed by atoms with E-state index < -0.39 is 23.4 Å². The van der Waals surface area contributed by atoms with Crippen LogP contribution in [0.2, 0.25) is 10.0 Å². The van der Waals surface area contributed by atoms with Gasteiger partial charge in [0, 0.05) is 25.2 Å². The zero-order valence-corrected chi connectivity index (χ0v) is 28.7. The summed E-state index contributed by atoms with van der Waals surface area (Å²) in [7, 11) is 0. The van der Waals surface area contributed by atoms with E-state index in [1.807, 2.05) is 52.0 Å². The summed E-state index contributed by atoms with van der Waals surface area (Å²) in [5, 5.41) is 14.1. The number of Topliss-reactive ketones (excluding diaryl/α,β-unsaturated/α-hetero) is 2. The van der Waals surface area contributed by atoms with Crippen LogP contribution >= 0.6 is 23.2 Å². The Morgan fingerprint density at radius 2 is 0.875 bits per heavy atom. The lowest BCUT2D eigenvalue weighted by molar-refractivity contribution is -0.116. The predicted molar refractivity (Wildman–Crippen MR) is 194 cm³/mol. The molecule has 0 heterocycles. The van der Waals surface area contributed by atoms with Gasteiger partial charge in [0.25, 0.3) is 11.8 Å². The Morgan fingerprint density at radius 1 is 0.521 bits per heavy atom. The summed E-state index contributed by atoms with van der Waals surface area (Å²) in [6.45, 7) is 10.1. The SMILES string of the molecule is CC(=O)/C(=N\Nc1ccc(-c2ccc(N/N=C(\C(C)=O)C(=O)Nc3ccc(C)cc3C)c(Cl)c2)cc1Cl)C(=O)Nc1ccc(C)cc1C. The van der Waals surface area contributed by atoms with E-state index in [1.165, 1.54) is 13.8 Å². The number of hydrogen-bond acceptors (Lipinski definition) is 8. The molecule has 0 radical (unpaired) electrons. The summed E-state index contributed by atoms with van der Waals surface area (Å²) in [4.78, 5) is 50.2. The first-order chi connectivity index (χ1) is 22.7. The first-order valence-electron chi connectivity index (χ1n) is 14.8. The number of rotatable bonds is 11. The number of nitrogens with zero attached hydrogens (tertiary/aromatic N) is 2. The third kappa shape index (κ3) is 8.93. The van der Waals surface area contributed by atoms with Gasteiger partial charge < -0.3 is 10.6 Å². The van der Waals surface area contributed by atoms with Crippen LogP contribution in [0.15, 0.2) is 83.0 Å². The zero-order chi connectivity index (χ0) is 35.1. The average molecular weight is 686 g/mol. The van der Waals surface area contributed by atoms with Crippen molar-refractivity contribution in [1.82, 2.24) is 0 Å². The van der Waals surface area contributed by atoms with Gasteiger partial charge in [0.2, 0.25) is 0 Å². The van der Waals surface area contributed by atoms with Gasteiger partial charge in [-0.05, 0) is 86.3 Å². The number of carbonyl (C=O) groups excluding carboxylic acids is 4. The van der Waals surface area contributed by atoms with Crippen molar-refractivity contribution in [2.24, 2.45) is 10.2 Å².